The zero-order valence-electron chi connectivity index (χ0n) is 8.20. The van der Waals surface area contributed by atoms with Crippen LogP contribution < -0.4 is 0 Å². The second-order valence-corrected chi connectivity index (χ2v) is 3.37. The van der Waals surface area contributed by atoms with Gasteiger partial charge in [0.15, 0.2) is 0 Å². The Morgan fingerprint density at radius 2 is 2.14 bits per heavy atom. The maximum Gasteiger partial charge on any atom is 0.0682 e. The van der Waals surface area contributed by atoms with Gasteiger partial charge in [0.2, 0.25) is 0 Å². The van der Waals surface area contributed by atoms with Crippen molar-refractivity contribution >= 4 is 10.8 Å². The van der Waals surface area contributed by atoms with Gasteiger partial charge in [0, 0.05) is 17.8 Å². The summed E-state index contributed by atoms with van der Waals surface area (Å²) in [5, 5.41) is 11.3. The summed E-state index contributed by atoms with van der Waals surface area (Å²) in [6, 6.07) is 6.00. The predicted molar refractivity (Wildman–Crippen MR) is 57.0 cm³/mol. The van der Waals surface area contributed by atoms with E-state index in [0.717, 1.165) is 17.4 Å². The predicted octanol–water partition coefficient (Wildman–Crippen LogP) is 2.29. The Morgan fingerprint density at radius 1 is 1.29 bits per heavy atom. The molecule has 1 aromatic heterocycles. The lowest BCUT2D eigenvalue weighted by Gasteiger charge is -2.04. The molecule has 0 aliphatic heterocycles. The molecule has 1 N–H and O–H groups in total. The van der Waals surface area contributed by atoms with Gasteiger partial charge in [-0.2, -0.15) is 0 Å². The van der Waals surface area contributed by atoms with Gasteiger partial charge in [0.25, 0.3) is 0 Å². The maximum atomic E-state index is 9.00. The van der Waals surface area contributed by atoms with E-state index in [1.54, 1.807) is 0 Å². The van der Waals surface area contributed by atoms with Crippen LogP contribution in [0.5, 0.6) is 0 Å². The molecule has 0 saturated carbocycles. The Hall–Kier alpha value is -1.41. The first-order chi connectivity index (χ1) is 6.85. The molecular weight excluding hydrogens is 174 g/mol. The highest BCUT2D eigenvalue weighted by molar-refractivity contribution is 5.85. The molecule has 1 aromatic carbocycles. The Labute approximate surface area is 83.2 Å². The standard InChI is InChI=1S/C12H13NO/c1-2-10-6-13-7-11-5-9(8-14)3-4-12(10)11/h3-7,14H,2,8H2,1H3. The number of aliphatic hydroxyl groups excluding tert-OH is 1. The van der Waals surface area contributed by atoms with Gasteiger partial charge in [-0.3, -0.25) is 4.98 Å². The molecular formula is C12H13NO. The topological polar surface area (TPSA) is 33.1 Å². The molecule has 0 bridgehead atoms. The first-order valence-electron chi connectivity index (χ1n) is 4.81. The van der Waals surface area contributed by atoms with E-state index >= 15 is 0 Å². The van der Waals surface area contributed by atoms with Crippen LogP contribution in [0.15, 0.2) is 30.6 Å². The van der Waals surface area contributed by atoms with Crippen LogP contribution in [0.4, 0.5) is 0 Å². The van der Waals surface area contributed by atoms with Gasteiger partial charge >= 0.3 is 0 Å². The van der Waals surface area contributed by atoms with Crippen molar-refractivity contribution in [2.45, 2.75) is 20.0 Å². The second-order valence-electron chi connectivity index (χ2n) is 3.37. The zero-order chi connectivity index (χ0) is 9.97. The minimum Gasteiger partial charge on any atom is -0.392 e. The Kier molecular flexibility index (Phi) is 2.46. The lowest BCUT2D eigenvalue weighted by molar-refractivity contribution is 0.282. The fourth-order valence-corrected chi connectivity index (χ4v) is 1.67. The monoisotopic (exact) mass is 187 g/mol. The van der Waals surface area contributed by atoms with Crippen LogP contribution >= 0.6 is 0 Å². The molecule has 0 amide bonds. The summed E-state index contributed by atoms with van der Waals surface area (Å²) < 4.78 is 0. The highest BCUT2D eigenvalue weighted by Gasteiger charge is 2.00. The van der Waals surface area contributed by atoms with Crippen LogP contribution in [0.2, 0.25) is 0 Å². The smallest absolute Gasteiger partial charge is 0.0682 e. The van der Waals surface area contributed by atoms with Crippen LogP contribution in [-0.4, -0.2) is 10.1 Å². The summed E-state index contributed by atoms with van der Waals surface area (Å²) >= 11 is 0. The molecule has 14 heavy (non-hydrogen) atoms. The number of aryl methyl sites for hydroxylation is 1. The number of pyridine rings is 1. The Balaban J connectivity index is 2.67. The number of hydrogen-bond donors (Lipinski definition) is 1. The molecule has 0 radical (unpaired) electrons. The number of aromatic nitrogens is 1. The molecule has 0 saturated heterocycles. The molecule has 0 fully saturated rings. The minimum atomic E-state index is 0.0896. The summed E-state index contributed by atoms with van der Waals surface area (Å²) in [7, 11) is 0. The number of rotatable bonds is 2. The number of fused-ring (bicyclic) bond motifs is 1. The van der Waals surface area contributed by atoms with Gasteiger partial charge in [-0.15, -0.1) is 0 Å². The molecule has 2 heteroatoms. The molecule has 2 aromatic rings. The first-order valence-corrected chi connectivity index (χ1v) is 4.81. The van der Waals surface area contributed by atoms with Crippen LogP contribution in [0.25, 0.3) is 10.8 Å². The van der Waals surface area contributed by atoms with E-state index in [-0.39, 0.29) is 6.61 Å². The molecule has 2 rings (SSSR count). The van der Waals surface area contributed by atoms with Crippen LogP contribution in [0, 0.1) is 0 Å². The number of aliphatic hydroxyl groups is 1. The summed E-state index contributed by atoms with van der Waals surface area (Å²) in [6.07, 6.45) is 4.73. The van der Waals surface area contributed by atoms with E-state index < -0.39 is 0 Å². The molecule has 0 aliphatic carbocycles. The number of hydrogen-bond acceptors (Lipinski definition) is 2. The average molecular weight is 187 g/mol. The normalized spacial score (nSPS) is 10.7. The summed E-state index contributed by atoms with van der Waals surface area (Å²) in [5.41, 5.74) is 2.19. The van der Waals surface area contributed by atoms with Crippen LogP contribution in [0.1, 0.15) is 18.1 Å². The zero-order valence-corrected chi connectivity index (χ0v) is 8.20. The molecule has 2 nitrogen and oxygen atoms in total. The van der Waals surface area contributed by atoms with E-state index in [2.05, 4.69) is 18.0 Å². The molecule has 0 unspecified atom stereocenters. The average Bonchev–Trinajstić information content (AvgIpc) is 2.27. The van der Waals surface area contributed by atoms with Crippen molar-refractivity contribution in [2.24, 2.45) is 0 Å². The van der Waals surface area contributed by atoms with Gasteiger partial charge in [-0.25, -0.2) is 0 Å². The maximum absolute atomic E-state index is 9.00. The lowest BCUT2D eigenvalue weighted by Crippen LogP contribution is -1.88. The van der Waals surface area contributed by atoms with Crippen LogP contribution in [-0.2, 0) is 13.0 Å². The van der Waals surface area contributed by atoms with Crippen LogP contribution in [0.3, 0.4) is 0 Å². The van der Waals surface area contributed by atoms with Gasteiger partial charge in [0.05, 0.1) is 6.61 Å². The van der Waals surface area contributed by atoms with Crippen molar-refractivity contribution < 1.29 is 5.11 Å². The number of nitrogens with zero attached hydrogens (tertiary/aromatic N) is 1. The Bertz CT molecular complexity index is 451. The van der Waals surface area contributed by atoms with Gasteiger partial charge in [-0.1, -0.05) is 19.1 Å². The molecule has 1 heterocycles. The highest BCUT2D eigenvalue weighted by Crippen LogP contribution is 2.19. The second kappa shape index (κ2) is 3.76. The molecule has 72 valence electrons. The van der Waals surface area contributed by atoms with E-state index in [0.29, 0.717) is 0 Å². The van der Waals surface area contributed by atoms with Crippen molar-refractivity contribution in [3.8, 4) is 0 Å². The van der Waals surface area contributed by atoms with Crippen molar-refractivity contribution in [1.82, 2.24) is 4.98 Å². The quantitative estimate of drug-likeness (QED) is 0.782. The van der Waals surface area contributed by atoms with E-state index in [1.807, 2.05) is 24.5 Å². The summed E-state index contributed by atoms with van der Waals surface area (Å²) in [5.74, 6) is 0. The van der Waals surface area contributed by atoms with Gasteiger partial charge in [-0.05, 0) is 29.0 Å². The van der Waals surface area contributed by atoms with Crippen molar-refractivity contribution in [2.75, 3.05) is 0 Å². The number of benzene rings is 1. The van der Waals surface area contributed by atoms with E-state index in [1.165, 1.54) is 10.9 Å². The molecule has 0 aliphatic rings. The third-order valence-electron chi connectivity index (χ3n) is 2.47. The van der Waals surface area contributed by atoms with E-state index in [9.17, 15) is 0 Å². The first kappa shape index (κ1) is 9.16. The lowest BCUT2D eigenvalue weighted by atomic mass is 10.0. The van der Waals surface area contributed by atoms with Gasteiger partial charge in [0.1, 0.15) is 0 Å². The van der Waals surface area contributed by atoms with Crippen molar-refractivity contribution in [1.29, 1.82) is 0 Å². The van der Waals surface area contributed by atoms with Gasteiger partial charge < -0.3 is 5.11 Å². The summed E-state index contributed by atoms with van der Waals surface area (Å²) in [6.45, 7) is 2.21. The fraction of sp³-hybridized carbons (Fsp3) is 0.250. The highest BCUT2D eigenvalue weighted by atomic mass is 16.3. The largest absolute Gasteiger partial charge is 0.392 e. The Morgan fingerprint density at radius 3 is 2.86 bits per heavy atom. The third kappa shape index (κ3) is 1.49. The molecule has 0 atom stereocenters. The summed E-state index contributed by atoms with van der Waals surface area (Å²) in [4.78, 5) is 4.18. The third-order valence-corrected chi connectivity index (χ3v) is 2.47. The minimum absolute atomic E-state index is 0.0896. The van der Waals surface area contributed by atoms with E-state index in [4.69, 9.17) is 5.11 Å². The van der Waals surface area contributed by atoms with Crippen molar-refractivity contribution in [3.63, 3.8) is 0 Å². The SMILES string of the molecule is CCc1cncc2cc(CO)ccc12. The molecule has 0 spiro atoms. The van der Waals surface area contributed by atoms with Crippen molar-refractivity contribution in [3.05, 3.63) is 41.7 Å². The fourth-order valence-electron chi connectivity index (χ4n) is 1.67.